The fourth-order valence-corrected chi connectivity index (χ4v) is 1.35. The van der Waals surface area contributed by atoms with E-state index in [2.05, 4.69) is 29.3 Å². The van der Waals surface area contributed by atoms with Crippen LogP contribution in [0.2, 0.25) is 0 Å². The third-order valence-electron chi connectivity index (χ3n) is 2.13. The minimum atomic E-state index is -0.0393. The average Bonchev–Trinajstić information content (AvgIpc) is 2.17. The van der Waals surface area contributed by atoms with E-state index < -0.39 is 0 Å². The Morgan fingerprint density at radius 3 is 2.93 bits per heavy atom. The van der Waals surface area contributed by atoms with E-state index in [1.165, 1.54) is 0 Å². The number of rotatable bonds is 6. The Kier molecular flexibility index (Phi) is 5.07. The number of hydrogen-bond acceptors (Lipinski definition) is 3. The van der Waals surface area contributed by atoms with Gasteiger partial charge in [0.2, 0.25) is 5.56 Å². The SMILES string of the molecule is CN(C)CCCNCc1cc[nH]c(=O)c1. The van der Waals surface area contributed by atoms with E-state index in [1.54, 1.807) is 12.3 Å². The Bertz CT molecular complexity index is 333. The van der Waals surface area contributed by atoms with Gasteiger partial charge in [-0.15, -0.1) is 0 Å². The van der Waals surface area contributed by atoms with Gasteiger partial charge in [0.15, 0.2) is 0 Å². The van der Waals surface area contributed by atoms with Gasteiger partial charge in [0.05, 0.1) is 0 Å². The predicted molar refractivity (Wildman–Crippen MR) is 61.9 cm³/mol. The smallest absolute Gasteiger partial charge is 0.248 e. The van der Waals surface area contributed by atoms with Crippen LogP contribution in [0.25, 0.3) is 0 Å². The van der Waals surface area contributed by atoms with Gasteiger partial charge in [-0.1, -0.05) is 0 Å². The van der Waals surface area contributed by atoms with E-state index in [0.717, 1.165) is 31.6 Å². The van der Waals surface area contributed by atoms with Gasteiger partial charge in [0.1, 0.15) is 0 Å². The van der Waals surface area contributed by atoms with Crippen molar-refractivity contribution in [3.05, 3.63) is 34.2 Å². The number of aromatic nitrogens is 1. The second-order valence-electron chi connectivity index (χ2n) is 3.89. The largest absolute Gasteiger partial charge is 0.329 e. The molecule has 4 nitrogen and oxygen atoms in total. The fraction of sp³-hybridized carbons (Fsp3) is 0.545. The van der Waals surface area contributed by atoms with Crippen LogP contribution in [0.1, 0.15) is 12.0 Å². The average molecular weight is 209 g/mol. The van der Waals surface area contributed by atoms with E-state index in [0.29, 0.717) is 0 Å². The van der Waals surface area contributed by atoms with Gasteiger partial charge in [-0.3, -0.25) is 4.79 Å². The minimum absolute atomic E-state index is 0.0393. The van der Waals surface area contributed by atoms with E-state index in [1.807, 2.05) is 6.07 Å². The van der Waals surface area contributed by atoms with Crippen molar-refractivity contribution in [2.45, 2.75) is 13.0 Å². The molecule has 84 valence electrons. The highest BCUT2D eigenvalue weighted by molar-refractivity contribution is 5.09. The summed E-state index contributed by atoms with van der Waals surface area (Å²) in [6, 6.07) is 3.54. The Balaban J connectivity index is 2.18. The lowest BCUT2D eigenvalue weighted by molar-refractivity contribution is 0.394. The van der Waals surface area contributed by atoms with Crippen molar-refractivity contribution in [1.82, 2.24) is 15.2 Å². The molecule has 0 saturated heterocycles. The van der Waals surface area contributed by atoms with Crippen molar-refractivity contribution in [2.24, 2.45) is 0 Å². The summed E-state index contributed by atoms with van der Waals surface area (Å²) in [6.07, 6.45) is 2.80. The summed E-state index contributed by atoms with van der Waals surface area (Å²) in [5.74, 6) is 0. The van der Waals surface area contributed by atoms with Crippen molar-refractivity contribution in [3.63, 3.8) is 0 Å². The van der Waals surface area contributed by atoms with Crippen LogP contribution < -0.4 is 10.9 Å². The van der Waals surface area contributed by atoms with E-state index in [9.17, 15) is 4.79 Å². The van der Waals surface area contributed by atoms with Crippen LogP contribution in [-0.4, -0.2) is 37.1 Å². The van der Waals surface area contributed by atoms with Crippen LogP contribution in [0.15, 0.2) is 23.1 Å². The maximum absolute atomic E-state index is 11.0. The molecule has 0 aromatic carbocycles. The van der Waals surface area contributed by atoms with E-state index in [-0.39, 0.29) is 5.56 Å². The summed E-state index contributed by atoms with van der Waals surface area (Å²) in [7, 11) is 4.13. The predicted octanol–water partition coefficient (Wildman–Crippen LogP) is 0.416. The third kappa shape index (κ3) is 5.34. The molecule has 0 bridgehead atoms. The Morgan fingerprint density at radius 1 is 1.47 bits per heavy atom. The van der Waals surface area contributed by atoms with Gasteiger partial charge in [-0.2, -0.15) is 0 Å². The maximum atomic E-state index is 11.0. The zero-order valence-corrected chi connectivity index (χ0v) is 9.42. The van der Waals surface area contributed by atoms with Crippen LogP contribution in [0.3, 0.4) is 0 Å². The molecule has 1 aromatic heterocycles. The quantitative estimate of drug-likeness (QED) is 0.667. The molecule has 0 aliphatic rings. The monoisotopic (exact) mass is 209 g/mol. The molecule has 0 amide bonds. The van der Waals surface area contributed by atoms with E-state index >= 15 is 0 Å². The van der Waals surface area contributed by atoms with Gasteiger partial charge in [0.25, 0.3) is 0 Å². The van der Waals surface area contributed by atoms with E-state index in [4.69, 9.17) is 0 Å². The minimum Gasteiger partial charge on any atom is -0.329 e. The molecule has 0 radical (unpaired) electrons. The molecule has 15 heavy (non-hydrogen) atoms. The van der Waals surface area contributed by atoms with Crippen molar-refractivity contribution < 1.29 is 0 Å². The van der Waals surface area contributed by atoms with Crippen molar-refractivity contribution in [2.75, 3.05) is 27.2 Å². The number of aromatic amines is 1. The molecule has 0 unspecified atom stereocenters. The van der Waals surface area contributed by atoms with Gasteiger partial charge in [-0.05, 0) is 45.2 Å². The van der Waals surface area contributed by atoms with Gasteiger partial charge >= 0.3 is 0 Å². The highest BCUT2D eigenvalue weighted by Gasteiger charge is 1.94. The number of pyridine rings is 1. The summed E-state index contributed by atoms with van der Waals surface area (Å²) in [6.45, 7) is 2.82. The summed E-state index contributed by atoms with van der Waals surface area (Å²) in [5.41, 5.74) is 0.992. The van der Waals surface area contributed by atoms with Crippen molar-refractivity contribution in [1.29, 1.82) is 0 Å². The molecular formula is C11H19N3O. The normalized spacial score (nSPS) is 10.9. The topological polar surface area (TPSA) is 48.1 Å². The Morgan fingerprint density at radius 2 is 2.27 bits per heavy atom. The lowest BCUT2D eigenvalue weighted by Gasteiger charge is -2.09. The molecule has 0 saturated carbocycles. The molecule has 1 aromatic rings. The maximum Gasteiger partial charge on any atom is 0.248 e. The van der Waals surface area contributed by atoms with Gasteiger partial charge < -0.3 is 15.2 Å². The molecule has 0 aliphatic heterocycles. The van der Waals surface area contributed by atoms with Crippen molar-refractivity contribution in [3.8, 4) is 0 Å². The van der Waals surface area contributed by atoms with Crippen LogP contribution in [0.5, 0.6) is 0 Å². The standard InChI is InChI=1S/C11H19N3O/c1-14(2)7-3-5-12-9-10-4-6-13-11(15)8-10/h4,6,8,12H,3,5,7,9H2,1-2H3,(H,13,15). The highest BCUT2D eigenvalue weighted by Crippen LogP contribution is 1.91. The highest BCUT2D eigenvalue weighted by atomic mass is 16.1. The number of hydrogen-bond donors (Lipinski definition) is 2. The first kappa shape index (κ1) is 11.9. The zero-order valence-electron chi connectivity index (χ0n) is 9.42. The molecule has 2 N–H and O–H groups in total. The zero-order chi connectivity index (χ0) is 11.1. The van der Waals surface area contributed by atoms with Gasteiger partial charge in [0, 0.05) is 18.8 Å². The third-order valence-corrected chi connectivity index (χ3v) is 2.13. The number of nitrogens with one attached hydrogen (secondary N) is 2. The molecule has 0 spiro atoms. The summed E-state index contributed by atoms with van der Waals surface area (Å²) in [4.78, 5) is 15.7. The summed E-state index contributed by atoms with van der Waals surface area (Å²) >= 11 is 0. The van der Waals surface area contributed by atoms with Crippen LogP contribution in [0.4, 0.5) is 0 Å². The summed E-state index contributed by atoms with van der Waals surface area (Å²) < 4.78 is 0. The molecule has 0 aliphatic carbocycles. The van der Waals surface area contributed by atoms with Crippen LogP contribution in [0, 0.1) is 0 Å². The van der Waals surface area contributed by atoms with Crippen LogP contribution in [-0.2, 0) is 6.54 Å². The Labute approximate surface area is 90.3 Å². The van der Waals surface area contributed by atoms with Gasteiger partial charge in [-0.25, -0.2) is 0 Å². The summed E-state index contributed by atoms with van der Waals surface area (Å²) in [5, 5.41) is 3.30. The first-order valence-corrected chi connectivity index (χ1v) is 5.21. The fourth-order valence-electron chi connectivity index (χ4n) is 1.35. The second-order valence-corrected chi connectivity index (χ2v) is 3.89. The first-order valence-electron chi connectivity index (χ1n) is 5.21. The Hall–Kier alpha value is -1.13. The lowest BCUT2D eigenvalue weighted by atomic mass is 10.2. The van der Waals surface area contributed by atoms with Crippen LogP contribution >= 0.6 is 0 Å². The number of H-pyrrole nitrogens is 1. The second kappa shape index (κ2) is 6.37. The molecule has 1 rings (SSSR count). The van der Waals surface area contributed by atoms with Crippen molar-refractivity contribution >= 4 is 0 Å². The molecule has 4 heteroatoms. The molecule has 0 fully saturated rings. The lowest BCUT2D eigenvalue weighted by Crippen LogP contribution is -2.21. The molecular weight excluding hydrogens is 190 g/mol. The molecule has 1 heterocycles. The molecule has 0 atom stereocenters. The number of nitrogens with zero attached hydrogens (tertiary/aromatic N) is 1. The first-order chi connectivity index (χ1) is 7.18.